The molecule has 0 N–H and O–H groups in total. The van der Waals surface area contributed by atoms with Crippen LogP contribution >= 0.6 is 35.1 Å². The Hall–Kier alpha value is -1.89. The molecule has 7 heteroatoms. The number of carbonyl (C=O) groups excluding carboxylic acids is 1. The normalized spacial score (nSPS) is 21.0. The number of amides is 1. The Morgan fingerprint density at radius 2 is 1.81 bits per heavy atom. The minimum absolute atomic E-state index is 0.00883. The fourth-order valence-corrected chi connectivity index (χ4v) is 5.42. The summed E-state index contributed by atoms with van der Waals surface area (Å²) < 4.78 is 0. The van der Waals surface area contributed by atoms with Crippen LogP contribution in [0.25, 0.3) is 0 Å². The number of fused-ring (bicyclic) bond motifs is 1. The van der Waals surface area contributed by atoms with Gasteiger partial charge in [-0.15, -0.1) is 0 Å². The van der Waals surface area contributed by atoms with Gasteiger partial charge in [0.25, 0.3) is 5.91 Å². The molecule has 4 nitrogen and oxygen atoms in total. The molecule has 4 rings (SSSR count). The van der Waals surface area contributed by atoms with E-state index in [-0.39, 0.29) is 5.91 Å². The van der Waals surface area contributed by atoms with E-state index >= 15 is 0 Å². The molecule has 0 radical (unpaired) electrons. The second-order valence-electron chi connectivity index (χ2n) is 5.76. The molecule has 1 saturated heterocycles. The number of hydrogen-bond donors (Lipinski definition) is 0. The first kappa shape index (κ1) is 17.5. The number of rotatable bonds is 2. The van der Waals surface area contributed by atoms with Crippen LogP contribution in [-0.4, -0.2) is 29.6 Å². The second-order valence-corrected chi connectivity index (χ2v) is 8.18. The van der Waals surface area contributed by atoms with Gasteiger partial charge in [0.2, 0.25) is 0 Å². The van der Waals surface area contributed by atoms with Crippen LogP contribution in [0.15, 0.2) is 68.4 Å². The van der Waals surface area contributed by atoms with Gasteiger partial charge in [0, 0.05) is 18.5 Å². The van der Waals surface area contributed by atoms with Gasteiger partial charge in [-0.2, -0.15) is 0 Å². The summed E-state index contributed by atoms with van der Waals surface area (Å²) in [4.78, 5) is 23.3. The van der Waals surface area contributed by atoms with E-state index in [0.29, 0.717) is 27.3 Å². The van der Waals surface area contributed by atoms with Gasteiger partial charge < -0.3 is 4.90 Å². The molecule has 2 aromatic rings. The van der Waals surface area contributed by atoms with Crippen LogP contribution in [0.1, 0.15) is 6.92 Å². The lowest BCUT2D eigenvalue weighted by atomic mass is 10.3. The van der Waals surface area contributed by atoms with E-state index in [9.17, 15) is 4.79 Å². The van der Waals surface area contributed by atoms with Gasteiger partial charge in [-0.3, -0.25) is 9.69 Å². The molecular formula is C19H16ClN3OS2. The van der Waals surface area contributed by atoms with E-state index in [1.54, 1.807) is 22.7 Å². The van der Waals surface area contributed by atoms with Gasteiger partial charge in [0.15, 0.2) is 5.17 Å². The third-order valence-electron chi connectivity index (χ3n) is 4.18. The maximum Gasteiger partial charge on any atom is 0.269 e. The largest absolute Gasteiger partial charge is 0.337 e. The van der Waals surface area contributed by atoms with E-state index < -0.39 is 0 Å². The van der Waals surface area contributed by atoms with Crippen LogP contribution in [0.2, 0.25) is 5.02 Å². The fraction of sp³-hybridized carbons (Fsp3) is 0.158. The van der Waals surface area contributed by atoms with Crippen LogP contribution in [0.3, 0.4) is 0 Å². The van der Waals surface area contributed by atoms with Crippen molar-refractivity contribution in [1.82, 2.24) is 4.90 Å². The van der Waals surface area contributed by atoms with Crippen molar-refractivity contribution in [3.8, 4) is 0 Å². The average molecular weight is 402 g/mol. The molecule has 1 fully saturated rings. The van der Waals surface area contributed by atoms with Gasteiger partial charge in [0.05, 0.1) is 21.4 Å². The Morgan fingerprint density at radius 3 is 2.54 bits per heavy atom. The van der Waals surface area contributed by atoms with E-state index in [1.165, 1.54) is 11.8 Å². The summed E-state index contributed by atoms with van der Waals surface area (Å²) in [5.74, 6) is -0.00883. The lowest BCUT2D eigenvalue weighted by Gasteiger charge is -2.15. The van der Waals surface area contributed by atoms with Gasteiger partial charge in [0.1, 0.15) is 4.91 Å². The van der Waals surface area contributed by atoms with Crippen LogP contribution < -0.4 is 4.90 Å². The van der Waals surface area contributed by atoms with Crippen molar-refractivity contribution in [3.63, 3.8) is 0 Å². The Bertz CT molecular complexity index is 957. The number of benzene rings is 2. The highest BCUT2D eigenvalue weighted by Crippen LogP contribution is 2.50. The number of aliphatic imine (C=N–C) groups is 1. The lowest BCUT2D eigenvalue weighted by molar-refractivity contribution is -0.122. The van der Waals surface area contributed by atoms with Gasteiger partial charge in [-0.25, -0.2) is 4.99 Å². The first-order valence-corrected chi connectivity index (χ1v) is 10.2. The minimum Gasteiger partial charge on any atom is -0.337 e. The summed E-state index contributed by atoms with van der Waals surface area (Å²) in [6.07, 6.45) is 0. The number of nitrogens with zero attached hydrogens (tertiary/aromatic N) is 3. The number of thioether (sulfide) groups is 2. The molecule has 0 spiro atoms. The molecule has 0 saturated carbocycles. The number of halogens is 1. The first-order valence-electron chi connectivity index (χ1n) is 8.18. The number of para-hydroxylation sites is 2. The van der Waals surface area contributed by atoms with Crippen molar-refractivity contribution in [1.29, 1.82) is 0 Å². The van der Waals surface area contributed by atoms with E-state index in [1.807, 2.05) is 44.3 Å². The molecule has 2 heterocycles. The van der Waals surface area contributed by atoms with E-state index in [4.69, 9.17) is 11.6 Å². The number of hydrogen-bond acceptors (Lipinski definition) is 5. The van der Waals surface area contributed by atoms with Gasteiger partial charge in [-0.05, 0) is 43.0 Å². The van der Waals surface area contributed by atoms with E-state index in [0.717, 1.165) is 15.6 Å². The minimum atomic E-state index is -0.00883. The van der Waals surface area contributed by atoms with Crippen molar-refractivity contribution in [2.75, 3.05) is 18.5 Å². The van der Waals surface area contributed by atoms with Gasteiger partial charge in [-0.1, -0.05) is 47.6 Å². The molecule has 0 unspecified atom stereocenters. The number of anilines is 1. The molecule has 2 aliphatic heterocycles. The summed E-state index contributed by atoms with van der Waals surface area (Å²) in [5.41, 5.74) is 1.79. The summed E-state index contributed by atoms with van der Waals surface area (Å²) in [7, 11) is 1.99. The Labute approximate surface area is 165 Å². The third kappa shape index (κ3) is 2.92. The van der Waals surface area contributed by atoms with E-state index in [2.05, 4.69) is 22.0 Å². The highest BCUT2D eigenvalue weighted by molar-refractivity contribution is 8.19. The van der Waals surface area contributed by atoms with Crippen molar-refractivity contribution >= 4 is 57.6 Å². The fourth-order valence-electron chi connectivity index (χ4n) is 2.84. The Kier molecular flexibility index (Phi) is 4.73. The van der Waals surface area contributed by atoms with Crippen LogP contribution in [0, 0.1) is 0 Å². The number of carbonyl (C=O) groups is 1. The quantitative estimate of drug-likeness (QED) is 0.637. The third-order valence-corrected chi connectivity index (χ3v) is 6.93. The zero-order valence-corrected chi connectivity index (χ0v) is 16.7. The lowest BCUT2D eigenvalue weighted by Crippen LogP contribution is -2.29. The SMILES string of the molecule is CCN1C(=O)C(=C2Sc3ccccc3N2C)SC1=Nc1ccccc1Cl. The Morgan fingerprint density at radius 1 is 1.08 bits per heavy atom. The highest BCUT2D eigenvalue weighted by Gasteiger charge is 2.38. The van der Waals surface area contributed by atoms with Gasteiger partial charge >= 0.3 is 0 Å². The van der Waals surface area contributed by atoms with Crippen LogP contribution in [0.4, 0.5) is 11.4 Å². The van der Waals surface area contributed by atoms with Crippen molar-refractivity contribution in [3.05, 3.63) is 63.5 Å². The molecule has 132 valence electrons. The highest BCUT2D eigenvalue weighted by atomic mass is 35.5. The number of amidine groups is 1. The zero-order valence-electron chi connectivity index (χ0n) is 14.3. The monoisotopic (exact) mass is 401 g/mol. The standard InChI is InChI=1S/C19H16ClN3OS2/c1-3-23-17(24)16(18-22(2)14-10-6-7-11-15(14)25-18)26-19(23)21-13-9-5-4-8-12(13)20/h4-11H,3H2,1-2H3. The van der Waals surface area contributed by atoms with Crippen molar-refractivity contribution in [2.45, 2.75) is 11.8 Å². The maximum atomic E-state index is 13.0. The molecule has 2 aromatic carbocycles. The van der Waals surface area contributed by atoms with Crippen LogP contribution in [-0.2, 0) is 4.79 Å². The smallest absolute Gasteiger partial charge is 0.269 e. The van der Waals surface area contributed by atoms with Crippen molar-refractivity contribution in [2.24, 2.45) is 4.99 Å². The molecule has 0 aliphatic carbocycles. The summed E-state index contributed by atoms with van der Waals surface area (Å²) in [6.45, 7) is 2.52. The Balaban J connectivity index is 1.75. The molecular weight excluding hydrogens is 386 g/mol. The molecule has 1 amide bonds. The molecule has 0 atom stereocenters. The summed E-state index contributed by atoms with van der Waals surface area (Å²) in [6, 6.07) is 15.6. The molecule has 2 aliphatic rings. The predicted octanol–water partition coefficient (Wildman–Crippen LogP) is 5.33. The molecule has 26 heavy (non-hydrogen) atoms. The summed E-state index contributed by atoms with van der Waals surface area (Å²) in [5, 5.41) is 2.19. The zero-order chi connectivity index (χ0) is 18.3. The topological polar surface area (TPSA) is 35.9 Å². The molecule has 0 aromatic heterocycles. The maximum absolute atomic E-state index is 13.0. The first-order chi connectivity index (χ1) is 12.6. The van der Waals surface area contributed by atoms with Crippen molar-refractivity contribution < 1.29 is 4.79 Å². The predicted molar refractivity (Wildman–Crippen MR) is 111 cm³/mol. The number of likely N-dealkylation sites (N-methyl/N-ethyl adjacent to an activating group) is 1. The molecule has 0 bridgehead atoms. The summed E-state index contributed by atoms with van der Waals surface area (Å²) >= 11 is 9.27. The average Bonchev–Trinajstić information content (AvgIpc) is 3.14. The second kappa shape index (κ2) is 7.02. The van der Waals surface area contributed by atoms with Crippen LogP contribution in [0.5, 0.6) is 0 Å².